The number of aliphatic hydroxyl groups excluding tert-OH is 1. The number of anilines is 1. The number of nitrogens with one attached hydrogen (secondary N) is 2. The van der Waals surface area contributed by atoms with Crippen molar-refractivity contribution in [3.05, 3.63) is 60.2 Å². The molecule has 0 bridgehead atoms. The van der Waals surface area contributed by atoms with Crippen LogP contribution in [-0.4, -0.2) is 23.8 Å². The molecule has 5 nitrogen and oxygen atoms in total. The van der Waals surface area contributed by atoms with Crippen LogP contribution in [0.1, 0.15) is 24.8 Å². The lowest BCUT2D eigenvalue weighted by atomic mass is 10.1. The number of carbonyl (C=O) groups is 1. The standard InChI is InChI=1S/C20H24N2O3/c23-13-15-8-6-12-18(15)21-20(24)22-19-11-5-4-7-16(19)14-25-17-9-2-1-3-10-17/h1-5,7,9-11,15,18,23H,6,8,12-14H2,(H2,21,22,24). The van der Waals surface area contributed by atoms with Crippen molar-refractivity contribution < 1.29 is 14.6 Å². The molecule has 2 aromatic rings. The van der Waals surface area contributed by atoms with Gasteiger partial charge in [0.05, 0.1) is 0 Å². The maximum absolute atomic E-state index is 12.3. The molecule has 3 N–H and O–H groups in total. The van der Waals surface area contributed by atoms with Gasteiger partial charge in [-0.1, -0.05) is 42.8 Å². The average molecular weight is 340 g/mol. The van der Waals surface area contributed by atoms with E-state index < -0.39 is 0 Å². The molecule has 0 saturated heterocycles. The Morgan fingerprint density at radius 1 is 1.08 bits per heavy atom. The molecule has 1 aliphatic carbocycles. The van der Waals surface area contributed by atoms with Gasteiger partial charge in [0, 0.05) is 29.8 Å². The predicted octanol–water partition coefficient (Wildman–Crippen LogP) is 3.55. The van der Waals surface area contributed by atoms with Gasteiger partial charge in [0.1, 0.15) is 12.4 Å². The highest BCUT2D eigenvalue weighted by molar-refractivity contribution is 5.90. The number of benzene rings is 2. The first-order chi connectivity index (χ1) is 12.3. The first kappa shape index (κ1) is 17.3. The third kappa shape index (κ3) is 4.73. The molecule has 132 valence electrons. The highest BCUT2D eigenvalue weighted by atomic mass is 16.5. The molecule has 0 radical (unpaired) electrons. The molecule has 3 rings (SSSR count). The van der Waals surface area contributed by atoms with Crippen molar-refractivity contribution >= 4 is 11.7 Å². The summed E-state index contributed by atoms with van der Waals surface area (Å²) in [5.74, 6) is 0.945. The average Bonchev–Trinajstić information content (AvgIpc) is 3.09. The molecule has 2 amide bonds. The Morgan fingerprint density at radius 2 is 1.84 bits per heavy atom. The maximum Gasteiger partial charge on any atom is 0.319 e. The number of aliphatic hydroxyl groups is 1. The molecule has 0 heterocycles. The molecule has 0 spiro atoms. The molecule has 2 aromatic carbocycles. The van der Waals surface area contributed by atoms with Gasteiger partial charge in [-0.15, -0.1) is 0 Å². The van der Waals surface area contributed by atoms with Crippen LogP contribution < -0.4 is 15.4 Å². The van der Waals surface area contributed by atoms with E-state index in [1.807, 2.05) is 54.6 Å². The molecular weight excluding hydrogens is 316 g/mol. The normalized spacial score (nSPS) is 19.4. The van der Waals surface area contributed by atoms with Crippen molar-refractivity contribution in [1.29, 1.82) is 0 Å². The fourth-order valence-electron chi connectivity index (χ4n) is 3.22. The minimum Gasteiger partial charge on any atom is -0.489 e. The lowest BCUT2D eigenvalue weighted by Gasteiger charge is -2.20. The van der Waals surface area contributed by atoms with Crippen LogP contribution in [0.5, 0.6) is 5.75 Å². The smallest absolute Gasteiger partial charge is 0.319 e. The Labute approximate surface area is 148 Å². The first-order valence-electron chi connectivity index (χ1n) is 8.70. The van der Waals surface area contributed by atoms with E-state index in [1.54, 1.807) is 0 Å². The minimum atomic E-state index is -0.238. The van der Waals surface area contributed by atoms with Crippen LogP contribution in [0, 0.1) is 5.92 Å². The third-order valence-corrected chi connectivity index (χ3v) is 4.61. The van der Waals surface area contributed by atoms with E-state index in [-0.39, 0.29) is 24.6 Å². The van der Waals surface area contributed by atoms with Crippen LogP contribution in [0.2, 0.25) is 0 Å². The highest BCUT2D eigenvalue weighted by Crippen LogP contribution is 2.25. The second kappa shape index (κ2) is 8.53. The van der Waals surface area contributed by atoms with E-state index in [2.05, 4.69) is 10.6 Å². The Hall–Kier alpha value is -2.53. The van der Waals surface area contributed by atoms with Crippen LogP contribution in [0.4, 0.5) is 10.5 Å². The second-order valence-electron chi connectivity index (χ2n) is 6.34. The van der Waals surface area contributed by atoms with E-state index in [4.69, 9.17) is 4.74 Å². The van der Waals surface area contributed by atoms with Gasteiger partial charge in [-0.2, -0.15) is 0 Å². The Balaban J connectivity index is 1.59. The van der Waals surface area contributed by atoms with Crippen LogP contribution in [0.3, 0.4) is 0 Å². The zero-order valence-electron chi connectivity index (χ0n) is 14.2. The van der Waals surface area contributed by atoms with Gasteiger partial charge in [0.25, 0.3) is 0 Å². The van der Waals surface area contributed by atoms with E-state index in [9.17, 15) is 9.90 Å². The Bertz CT molecular complexity index is 690. The summed E-state index contributed by atoms with van der Waals surface area (Å²) in [6.07, 6.45) is 2.91. The Morgan fingerprint density at radius 3 is 2.64 bits per heavy atom. The quantitative estimate of drug-likeness (QED) is 0.753. The summed E-state index contributed by atoms with van der Waals surface area (Å²) in [7, 11) is 0. The molecule has 0 aliphatic heterocycles. The molecule has 0 aromatic heterocycles. The zero-order valence-corrected chi connectivity index (χ0v) is 14.2. The number of hydrogen-bond donors (Lipinski definition) is 3. The monoisotopic (exact) mass is 340 g/mol. The predicted molar refractivity (Wildman–Crippen MR) is 97.6 cm³/mol. The summed E-state index contributed by atoms with van der Waals surface area (Å²) >= 11 is 0. The number of amides is 2. The van der Waals surface area contributed by atoms with Crippen molar-refractivity contribution in [1.82, 2.24) is 5.32 Å². The maximum atomic E-state index is 12.3. The molecule has 5 heteroatoms. The molecule has 25 heavy (non-hydrogen) atoms. The molecule has 1 fully saturated rings. The SMILES string of the molecule is O=C(Nc1ccccc1COc1ccccc1)NC1CCCC1CO. The highest BCUT2D eigenvalue weighted by Gasteiger charge is 2.27. The van der Waals surface area contributed by atoms with Gasteiger partial charge >= 0.3 is 6.03 Å². The van der Waals surface area contributed by atoms with Crippen molar-refractivity contribution in [3.63, 3.8) is 0 Å². The summed E-state index contributed by atoms with van der Waals surface area (Å²) in [4.78, 5) is 12.3. The lowest BCUT2D eigenvalue weighted by Crippen LogP contribution is -2.41. The van der Waals surface area contributed by atoms with Crippen molar-refractivity contribution in [2.45, 2.75) is 31.9 Å². The van der Waals surface area contributed by atoms with Gasteiger partial charge in [-0.05, 0) is 31.0 Å². The van der Waals surface area contributed by atoms with Gasteiger partial charge < -0.3 is 20.5 Å². The Kier molecular flexibility index (Phi) is 5.90. The summed E-state index contributed by atoms with van der Waals surface area (Å²) < 4.78 is 5.78. The zero-order chi connectivity index (χ0) is 17.5. The van der Waals surface area contributed by atoms with Gasteiger partial charge in [0.2, 0.25) is 0 Å². The fraction of sp³-hybridized carbons (Fsp3) is 0.350. The molecule has 1 aliphatic rings. The number of ether oxygens (including phenoxy) is 1. The number of hydrogen-bond acceptors (Lipinski definition) is 3. The van der Waals surface area contributed by atoms with Crippen molar-refractivity contribution in [3.8, 4) is 5.75 Å². The topological polar surface area (TPSA) is 70.6 Å². The van der Waals surface area contributed by atoms with Crippen LogP contribution in [-0.2, 0) is 6.61 Å². The largest absolute Gasteiger partial charge is 0.489 e. The molecular formula is C20H24N2O3. The van der Waals surface area contributed by atoms with Gasteiger partial charge in [-0.3, -0.25) is 0 Å². The lowest BCUT2D eigenvalue weighted by molar-refractivity contribution is 0.203. The van der Waals surface area contributed by atoms with Gasteiger partial charge in [-0.25, -0.2) is 4.79 Å². The van der Waals surface area contributed by atoms with E-state index >= 15 is 0 Å². The molecule has 2 unspecified atom stereocenters. The summed E-state index contributed by atoms with van der Waals surface area (Å²) in [6.45, 7) is 0.496. The number of urea groups is 1. The number of carbonyl (C=O) groups excluding carboxylic acids is 1. The van der Waals surface area contributed by atoms with Crippen LogP contribution in [0.15, 0.2) is 54.6 Å². The fourth-order valence-corrected chi connectivity index (χ4v) is 3.22. The minimum absolute atomic E-state index is 0.0396. The first-order valence-corrected chi connectivity index (χ1v) is 8.70. The van der Waals surface area contributed by atoms with Crippen LogP contribution >= 0.6 is 0 Å². The van der Waals surface area contributed by atoms with Crippen molar-refractivity contribution in [2.75, 3.05) is 11.9 Å². The van der Waals surface area contributed by atoms with E-state index in [1.165, 1.54) is 0 Å². The summed E-state index contributed by atoms with van der Waals surface area (Å²) in [6, 6.07) is 17.0. The number of para-hydroxylation sites is 2. The second-order valence-corrected chi connectivity index (χ2v) is 6.34. The number of rotatable bonds is 6. The van der Waals surface area contributed by atoms with Crippen LogP contribution in [0.25, 0.3) is 0 Å². The van der Waals surface area contributed by atoms with E-state index in [0.29, 0.717) is 6.61 Å². The third-order valence-electron chi connectivity index (χ3n) is 4.61. The van der Waals surface area contributed by atoms with Gasteiger partial charge in [0.15, 0.2) is 0 Å². The summed E-state index contributed by atoms with van der Waals surface area (Å²) in [5.41, 5.74) is 1.64. The summed E-state index contributed by atoms with van der Waals surface area (Å²) in [5, 5.41) is 15.3. The molecule has 2 atom stereocenters. The molecule has 1 saturated carbocycles. The van der Waals surface area contributed by atoms with Crippen molar-refractivity contribution in [2.24, 2.45) is 5.92 Å². The van der Waals surface area contributed by atoms with E-state index in [0.717, 1.165) is 36.3 Å².